The quantitative estimate of drug-likeness (QED) is 0.366. The summed E-state index contributed by atoms with van der Waals surface area (Å²) in [4.78, 5) is 2.77. The third-order valence-corrected chi connectivity index (χ3v) is 4.61. The first-order valence-corrected chi connectivity index (χ1v) is 8.08. The number of nitrogens with one attached hydrogen (secondary N) is 1. The smallest absolute Gasteiger partial charge is 0.211 e. The van der Waals surface area contributed by atoms with Gasteiger partial charge in [-0.2, -0.15) is 8.73 Å². The summed E-state index contributed by atoms with van der Waals surface area (Å²) in [6.07, 6.45) is 1.23. The zero-order chi connectivity index (χ0) is 14.4. The van der Waals surface area contributed by atoms with Gasteiger partial charge in [0, 0.05) is 18.0 Å². The molecule has 1 aromatic carbocycles. The summed E-state index contributed by atoms with van der Waals surface area (Å²) in [5.41, 5.74) is 9.07. The van der Waals surface area contributed by atoms with E-state index in [1.807, 2.05) is 0 Å². The van der Waals surface area contributed by atoms with Crippen molar-refractivity contribution in [1.29, 1.82) is 0 Å². The molecular weight excluding hydrogens is 300 g/mol. The first-order valence-electron chi connectivity index (χ1n) is 5.87. The van der Waals surface area contributed by atoms with Gasteiger partial charge in [-0.05, 0) is 30.5 Å². The second-order valence-corrected chi connectivity index (χ2v) is 6.21. The van der Waals surface area contributed by atoms with Crippen LogP contribution in [-0.2, 0) is 21.4 Å². The summed E-state index contributed by atoms with van der Waals surface area (Å²) >= 11 is 0.982. The second-order valence-electron chi connectivity index (χ2n) is 3.95. The number of hydrogen-bond acceptors (Lipinski definition) is 5. The largest absolute Gasteiger partial charge is 0.242 e. The summed E-state index contributed by atoms with van der Waals surface area (Å²) in [7, 11) is -3.60. The summed E-state index contributed by atoms with van der Waals surface area (Å²) in [6, 6.07) is 4.86. The predicted molar refractivity (Wildman–Crippen MR) is 76.4 cm³/mol. The normalized spacial score (nSPS) is 12.6. The highest BCUT2D eigenvalue weighted by atomic mass is 32.2. The van der Waals surface area contributed by atoms with Gasteiger partial charge >= 0.3 is 0 Å². The van der Waals surface area contributed by atoms with Crippen molar-refractivity contribution in [3.05, 3.63) is 28.6 Å². The molecule has 1 N–H and O–H groups in total. The predicted octanol–water partition coefficient (Wildman–Crippen LogP) is 2.78. The Kier molecular flexibility index (Phi) is 4.85. The van der Waals surface area contributed by atoms with E-state index in [1.165, 1.54) is 6.07 Å². The molecule has 0 amide bonds. The van der Waals surface area contributed by atoms with Crippen LogP contribution in [-0.4, -0.2) is 21.5 Å². The van der Waals surface area contributed by atoms with Crippen molar-refractivity contribution in [3.63, 3.8) is 0 Å². The molecule has 1 aromatic rings. The number of rotatable bonds is 7. The Morgan fingerprint density at radius 3 is 3.00 bits per heavy atom. The molecular formula is C10H12N6O2S2. The molecule has 0 radical (unpaired) electrons. The van der Waals surface area contributed by atoms with Gasteiger partial charge in [-0.1, -0.05) is 11.2 Å². The van der Waals surface area contributed by atoms with Crippen LogP contribution in [0, 0.1) is 0 Å². The fourth-order valence-electron chi connectivity index (χ4n) is 1.63. The van der Waals surface area contributed by atoms with E-state index in [2.05, 4.69) is 23.5 Å². The standard InChI is InChI=1S/C10H12N6O2S2/c11-16-12-6-1-2-7-13-20(17,18)9-5-3-4-8-10(9)15-19-14-8/h3-5,13H,1-2,6-7H2. The number of nitrogens with zero attached hydrogens (tertiary/aromatic N) is 5. The molecule has 0 atom stereocenters. The molecule has 10 heteroatoms. The number of unbranched alkanes of at least 4 members (excludes halogenated alkanes) is 1. The number of fused-ring (bicyclic) bond motifs is 1. The third kappa shape index (κ3) is 3.42. The third-order valence-electron chi connectivity index (χ3n) is 2.58. The SMILES string of the molecule is [N-]=[N+]=NCCCCNS(=O)(=O)c1cccc2c1N=S=N2. The maximum absolute atomic E-state index is 12.2. The maximum Gasteiger partial charge on any atom is 0.242 e. The average molecular weight is 312 g/mol. The zero-order valence-corrected chi connectivity index (χ0v) is 12.1. The van der Waals surface area contributed by atoms with Crippen molar-refractivity contribution in [2.24, 2.45) is 13.8 Å². The fourth-order valence-corrected chi connectivity index (χ4v) is 3.47. The van der Waals surface area contributed by atoms with Crippen LogP contribution >= 0.6 is 0 Å². The van der Waals surface area contributed by atoms with E-state index < -0.39 is 10.0 Å². The highest BCUT2D eigenvalue weighted by molar-refractivity contribution is 7.89. The highest BCUT2D eigenvalue weighted by Crippen LogP contribution is 2.37. The molecule has 2 rings (SSSR count). The van der Waals surface area contributed by atoms with Gasteiger partial charge in [0.05, 0.1) is 11.4 Å². The number of azide groups is 1. The molecule has 8 nitrogen and oxygen atoms in total. The topological polar surface area (TPSA) is 120 Å². The van der Waals surface area contributed by atoms with Crippen LogP contribution in [0.15, 0.2) is 36.9 Å². The molecule has 0 fully saturated rings. The van der Waals surface area contributed by atoms with E-state index in [4.69, 9.17) is 5.53 Å². The Balaban J connectivity index is 2.00. The van der Waals surface area contributed by atoms with Crippen LogP contribution in [0.3, 0.4) is 0 Å². The Bertz CT molecular complexity index is 717. The van der Waals surface area contributed by atoms with Gasteiger partial charge in [0.2, 0.25) is 10.0 Å². The van der Waals surface area contributed by atoms with Gasteiger partial charge in [0.15, 0.2) is 0 Å². The van der Waals surface area contributed by atoms with Gasteiger partial charge in [-0.15, -0.1) is 0 Å². The lowest BCUT2D eigenvalue weighted by molar-refractivity contribution is 0.577. The lowest BCUT2D eigenvalue weighted by Gasteiger charge is -2.08. The van der Waals surface area contributed by atoms with Crippen LogP contribution in [0.25, 0.3) is 10.4 Å². The van der Waals surface area contributed by atoms with E-state index in [0.29, 0.717) is 30.8 Å². The van der Waals surface area contributed by atoms with E-state index in [0.717, 1.165) is 11.4 Å². The van der Waals surface area contributed by atoms with E-state index in [1.54, 1.807) is 12.1 Å². The number of hydrogen-bond donors (Lipinski definition) is 1. The van der Waals surface area contributed by atoms with Gasteiger partial charge < -0.3 is 0 Å². The minimum atomic E-state index is -3.60. The average Bonchev–Trinajstić information content (AvgIpc) is 2.90. The molecule has 0 aliphatic carbocycles. The van der Waals surface area contributed by atoms with Crippen LogP contribution < -0.4 is 4.72 Å². The fraction of sp³-hybridized carbons (Fsp3) is 0.400. The van der Waals surface area contributed by atoms with Crippen LogP contribution in [0.5, 0.6) is 0 Å². The van der Waals surface area contributed by atoms with Crippen LogP contribution in [0.4, 0.5) is 11.4 Å². The monoisotopic (exact) mass is 312 g/mol. The van der Waals surface area contributed by atoms with Crippen molar-refractivity contribution >= 4 is 32.8 Å². The van der Waals surface area contributed by atoms with E-state index in [9.17, 15) is 8.42 Å². The van der Waals surface area contributed by atoms with Crippen molar-refractivity contribution in [1.82, 2.24) is 4.72 Å². The Hall–Kier alpha value is -1.74. The zero-order valence-electron chi connectivity index (χ0n) is 10.4. The number of sulfonamides is 1. The minimum Gasteiger partial charge on any atom is -0.211 e. The minimum absolute atomic E-state index is 0.138. The summed E-state index contributed by atoms with van der Waals surface area (Å²) in [6.45, 7) is 0.654. The van der Waals surface area contributed by atoms with Crippen molar-refractivity contribution in [2.45, 2.75) is 17.7 Å². The molecule has 0 spiro atoms. The number of benzene rings is 1. The molecule has 1 aliphatic heterocycles. The molecule has 0 bridgehead atoms. The van der Waals surface area contributed by atoms with Crippen LogP contribution in [0.2, 0.25) is 0 Å². The second kappa shape index (κ2) is 6.62. The first-order chi connectivity index (χ1) is 9.65. The Morgan fingerprint density at radius 2 is 2.20 bits per heavy atom. The van der Waals surface area contributed by atoms with Gasteiger partial charge in [-0.25, -0.2) is 13.1 Å². The first kappa shape index (κ1) is 14.7. The lowest BCUT2D eigenvalue weighted by Crippen LogP contribution is -2.25. The lowest BCUT2D eigenvalue weighted by atomic mass is 10.3. The molecule has 1 aliphatic rings. The van der Waals surface area contributed by atoms with E-state index in [-0.39, 0.29) is 11.4 Å². The van der Waals surface area contributed by atoms with Crippen LogP contribution in [0.1, 0.15) is 12.8 Å². The molecule has 0 aromatic heterocycles. The summed E-state index contributed by atoms with van der Waals surface area (Å²) < 4.78 is 34.9. The van der Waals surface area contributed by atoms with Crippen molar-refractivity contribution in [3.8, 4) is 0 Å². The highest BCUT2D eigenvalue weighted by Gasteiger charge is 2.21. The van der Waals surface area contributed by atoms with Gasteiger partial charge in [0.25, 0.3) is 0 Å². The molecule has 0 saturated heterocycles. The summed E-state index contributed by atoms with van der Waals surface area (Å²) in [5, 5.41) is 3.38. The molecule has 20 heavy (non-hydrogen) atoms. The molecule has 1 heterocycles. The Morgan fingerprint density at radius 1 is 1.35 bits per heavy atom. The summed E-state index contributed by atoms with van der Waals surface area (Å²) in [5.74, 6) is 0. The molecule has 106 valence electrons. The van der Waals surface area contributed by atoms with Crippen molar-refractivity contribution in [2.75, 3.05) is 13.1 Å². The van der Waals surface area contributed by atoms with Crippen molar-refractivity contribution < 1.29 is 8.42 Å². The Labute approximate surface area is 119 Å². The molecule has 0 saturated carbocycles. The van der Waals surface area contributed by atoms with E-state index >= 15 is 0 Å². The van der Waals surface area contributed by atoms with Gasteiger partial charge in [-0.3, -0.25) is 0 Å². The molecule has 0 unspecified atom stereocenters. The van der Waals surface area contributed by atoms with Gasteiger partial charge in [0.1, 0.15) is 16.3 Å². The maximum atomic E-state index is 12.2.